The average molecular weight is 540 g/mol. The van der Waals surface area contributed by atoms with Crippen LogP contribution in [0.25, 0.3) is 5.57 Å². The number of aromatic nitrogens is 4. The molecule has 4 rings (SSSR count). The lowest BCUT2D eigenvalue weighted by atomic mass is 9.94. The number of anilines is 2. The maximum atomic E-state index is 15.0. The van der Waals surface area contributed by atoms with E-state index in [1.54, 1.807) is 26.4 Å². The van der Waals surface area contributed by atoms with Crippen LogP contribution in [0.1, 0.15) is 51.6 Å². The fraction of sp³-hybridized carbons (Fsp3) is 0.393. The number of thioether (sulfide) groups is 1. The summed E-state index contributed by atoms with van der Waals surface area (Å²) in [6.45, 7) is 7.92. The second-order valence-corrected chi connectivity index (χ2v) is 10.5. The van der Waals surface area contributed by atoms with Crippen molar-refractivity contribution in [3.8, 4) is 0 Å². The summed E-state index contributed by atoms with van der Waals surface area (Å²) in [5, 5.41) is 10.7. The molecule has 1 fully saturated rings. The highest BCUT2D eigenvalue weighted by Crippen LogP contribution is 2.46. The summed E-state index contributed by atoms with van der Waals surface area (Å²) in [6.07, 6.45) is 8.39. The molecule has 38 heavy (non-hydrogen) atoms. The number of hydrogen-bond acceptors (Lipinski definition) is 5. The van der Waals surface area contributed by atoms with Crippen LogP contribution >= 0.6 is 11.8 Å². The fourth-order valence-electron chi connectivity index (χ4n) is 4.35. The molecular weight excluding hydrogens is 504 g/mol. The molecule has 1 aromatic carbocycles. The monoisotopic (exact) mass is 539 g/mol. The molecular formula is C28H35F2N7S. The molecule has 0 radical (unpaired) electrons. The van der Waals surface area contributed by atoms with Crippen molar-refractivity contribution in [3.05, 3.63) is 70.7 Å². The van der Waals surface area contributed by atoms with E-state index in [1.807, 2.05) is 30.8 Å². The van der Waals surface area contributed by atoms with Crippen LogP contribution < -0.4 is 10.2 Å². The molecule has 1 saturated carbocycles. The summed E-state index contributed by atoms with van der Waals surface area (Å²) in [7, 11) is 3.60. The molecule has 0 amide bonds. The van der Waals surface area contributed by atoms with E-state index in [-0.39, 0.29) is 11.6 Å². The second kappa shape index (κ2) is 11.6. The Bertz CT molecular complexity index is 1390. The summed E-state index contributed by atoms with van der Waals surface area (Å²) in [5.74, 6) is 1.51. The molecule has 202 valence electrons. The highest BCUT2D eigenvalue weighted by molar-refractivity contribution is 7.98. The van der Waals surface area contributed by atoms with Gasteiger partial charge in [0.15, 0.2) is 17.5 Å². The molecule has 2 N–H and O–H groups in total. The van der Waals surface area contributed by atoms with Crippen LogP contribution in [-0.4, -0.2) is 38.9 Å². The molecule has 0 saturated heterocycles. The van der Waals surface area contributed by atoms with Gasteiger partial charge in [0, 0.05) is 54.3 Å². The number of hydrogen-bond donors (Lipinski definition) is 2. The van der Waals surface area contributed by atoms with Crippen LogP contribution in [-0.2, 0) is 7.05 Å². The smallest absolute Gasteiger partial charge is 0.153 e. The van der Waals surface area contributed by atoms with Crippen molar-refractivity contribution in [2.24, 2.45) is 18.0 Å². The maximum Gasteiger partial charge on any atom is 0.153 e. The lowest BCUT2D eigenvalue weighted by molar-refractivity contribution is 0.579. The van der Waals surface area contributed by atoms with Crippen molar-refractivity contribution in [2.75, 3.05) is 23.5 Å². The number of aliphatic imine (C=N–C) groups is 1. The number of halogens is 2. The minimum Gasteiger partial charge on any atom is -0.334 e. The van der Waals surface area contributed by atoms with Crippen LogP contribution in [0.3, 0.4) is 0 Å². The standard InChI is InChI=1S/C28H35F2N7S/c1-8-16(2)24(28-31-11-12-36(28)5)25(19-9-10-19)27(33-23-13-17(3)34-35-23)32-18(4)37(6)26-21(29)14-20(38-7)15-22(26)30/h11-15,19H,8-10H2,1-7H3,(H2,33,34,35)/b24-16?,27-25+,32-18+. The minimum atomic E-state index is -0.634. The zero-order chi connectivity index (χ0) is 27.6. The Labute approximate surface area is 227 Å². The maximum absolute atomic E-state index is 15.0. The first-order valence-corrected chi connectivity index (χ1v) is 13.9. The van der Waals surface area contributed by atoms with Gasteiger partial charge < -0.3 is 14.8 Å². The van der Waals surface area contributed by atoms with Gasteiger partial charge in [-0.3, -0.25) is 5.10 Å². The fourth-order valence-corrected chi connectivity index (χ4v) is 4.79. The van der Waals surface area contributed by atoms with Gasteiger partial charge in [-0.05, 0) is 64.3 Å². The van der Waals surface area contributed by atoms with Crippen LogP contribution in [0.5, 0.6) is 0 Å². The van der Waals surface area contributed by atoms with Crippen molar-refractivity contribution >= 4 is 34.7 Å². The third kappa shape index (κ3) is 5.85. The molecule has 0 spiro atoms. The van der Waals surface area contributed by atoms with E-state index in [0.29, 0.717) is 22.4 Å². The molecule has 7 nitrogen and oxygen atoms in total. The Balaban J connectivity index is 1.91. The number of benzene rings is 1. The summed E-state index contributed by atoms with van der Waals surface area (Å²) >= 11 is 1.29. The Kier molecular flexibility index (Phi) is 8.40. The highest BCUT2D eigenvalue weighted by atomic mass is 32.2. The predicted octanol–water partition coefficient (Wildman–Crippen LogP) is 6.92. The third-order valence-electron chi connectivity index (χ3n) is 6.78. The summed E-state index contributed by atoms with van der Waals surface area (Å²) in [5.41, 5.74) is 4.02. The number of amidine groups is 1. The van der Waals surface area contributed by atoms with Crippen LogP contribution in [0.4, 0.5) is 20.3 Å². The molecule has 10 heteroatoms. The summed E-state index contributed by atoms with van der Waals surface area (Å²) < 4.78 is 32.0. The van der Waals surface area contributed by atoms with Crippen molar-refractivity contribution in [3.63, 3.8) is 0 Å². The normalized spacial score (nSPS) is 15.3. The molecule has 2 heterocycles. The third-order valence-corrected chi connectivity index (χ3v) is 7.49. The number of imidazole rings is 1. The first-order valence-electron chi connectivity index (χ1n) is 12.7. The van der Waals surface area contributed by atoms with Gasteiger partial charge in [-0.1, -0.05) is 12.5 Å². The number of nitrogens with one attached hydrogen (secondary N) is 2. The SMILES string of the molecule is CCC(C)=C(/C(=C(\N=C(/C)N(C)c1c(F)cc(SC)cc1F)Nc1cc(C)[nH]n1)C1CC1)c1nccn1C. The first-order chi connectivity index (χ1) is 18.1. The van der Waals surface area contributed by atoms with Crippen molar-refractivity contribution in [1.29, 1.82) is 0 Å². The number of H-pyrrole nitrogens is 1. The number of nitrogens with zero attached hydrogens (tertiary/aromatic N) is 5. The molecule has 0 atom stereocenters. The van der Waals surface area contributed by atoms with E-state index in [2.05, 4.69) is 34.3 Å². The van der Waals surface area contributed by atoms with Gasteiger partial charge in [0.05, 0.1) is 0 Å². The summed E-state index contributed by atoms with van der Waals surface area (Å²) in [4.78, 5) is 11.6. The Hall–Kier alpha value is -3.40. The molecule has 1 aliphatic rings. The molecule has 2 aromatic heterocycles. The average Bonchev–Trinajstić information content (AvgIpc) is 3.50. The zero-order valence-corrected chi connectivity index (χ0v) is 23.8. The number of aromatic amines is 1. The van der Waals surface area contributed by atoms with E-state index in [4.69, 9.17) is 4.99 Å². The van der Waals surface area contributed by atoms with Crippen LogP contribution in [0.15, 0.2) is 57.4 Å². The number of rotatable bonds is 9. The quantitative estimate of drug-likeness (QED) is 0.134. The topological polar surface area (TPSA) is 74.1 Å². The van der Waals surface area contributed by atoms with Gasteiger partial charge in [-0.15, -0.1) is 11.8 Å². The van der Waals surface area contributed by atoms with E-state index < -0.39 is 11.6 Å². The van der Waals surface area contributed by atoms with Crippen LogP contribution in [0, 0.1) is 24.5 Å². The second-order valence-electron chi connectivity index (χ2n) is 9.63. The Morgan fingerprint density at radius 1 is 1.24 bits per heavy atom. The van der Waals surface area contributed by atoms with Gasteiger partial charge in [0.1, 0.15) is 23.2 Å². The zero-order valence-electron chi connectivity index (χ0n) is 23.0. The molecule has 3 aromatic rings. The first kappa shape index (κ1) is 27.6. The van der Waals surface area contributed by atoms with E-state index in [0.717, 1.165) is 41.9 Å². The van der Waals surface area contributed by atoms with Crippen LogP contribution in [0.2, 0.25) is 0 Å². The van der Waals surface area contributed by atoms with E-state index >= 15 is 0 Å². The van der Waals surface area contributed by atoms with Gasteiger partial charge >= 0.3 is 0 Å². The van der Waals surface area contributed by atoms with Gasteiger partial charge in [-0.2, -0.15) is 5.10 Å². The van der Waals surface area contributed by atoms with E-state index in [1.165, 1.54) is 34.4 Å². The van der Waals surface area contributed by atoms with Crippen molar-refractivity contribution < 1.29 is 8.78 Å². The van der Waals surface area contributed by atoms with Gasteiger partial charge in [0.2, 0.25) is 0 Å². The predicted molar refractivity (Wildman–Crippen MR) is 152 cm³/mol. The van der Waals surface area contributed by atoms with Crippen molar-refractivity contribution in [1.82, 2.24) is 19.7 Å². The minimum absolute atomic E-state index is 0.142. The number of aryl methyl sites for hydroxylation is 2. The lowest BCUT2D eigenvalue weighted by Crippen LogP contribution is -2.26. The van der Waals surface area contributed by atoms with E-state index in [9.17, 15) is 8.78 Å². The Morgan fingerprint density at radius 2 is 1.92 bits per heavy atom. The van der Waals surface area contributed by atoms with Gasteiger partial charge in [0.25, 0.3) is 0 Å². The molecule has 0 bridgehead atoms. The van der Waals surface area contributed by atoms with Crippen molar-refractivity contribution in [2.45, 2.75) is 51.9 Å². The van der Waals surface area contributed by atoms with Gasteiger partial charge in [-0.25, -0.2) is 18.8 Å². The molecule has 0 aliphatic heterocycles. The highest BCUT2D eigenvalue weighted by Gasteiger charge is 2.34. The molecule has 1 aliphatic carbocycles. The largest absolute Gasteiger partial charge is 0.334 e. The summed E-state index contributed by atoms with van der Waals surface area (Å²) in [6, 6.07) is 4.59. The number of allylic oxidation sites excluding steroid dienone is 3. The lowest BCUT2D eigenvalue weighted by Gasteiger charge is -2.23. The molecule has 0 unspecified atom stereocenters. The Morgan fingerprint density at radius 3 is 2.42 bits per heavy atom.